The molecule has 0 aliphatic rings. The summed E-state index contributed by atoms with van der Waals surface area (Å²) >= 11 is 2.86. The molecule has 0 saturated heterocycles. The third-order valence-electron chi connectivity index (χ3n) is 2.63. The topological polar surface area (TPSA) is 94.3 Å². The van der Waals surface area contributed by atoms with Gasteiger partial charge in [0.05, 0.1) is 29.0 Å². The molecule has 2 aromatic rings. The summed E-state index contributed by atoms with van der Waals surface area (Å²) in [6.45, 7) is 3.95. The average Bonchev–Trinajstić information content (AvgIpc) is 3.14. The van der Waals surface area contributed by atoms with E-state index in [4.69, 9.17) is 9.15 Å². The highest BCUT2D eigenvalue weighted by atomic mass is 32.2. The Bertz CT molecular complexity index is 669. The van der Waals surface area contributed by atoms with Crippen molar-refractivity contribution in [2.75, 3.05) is 11.9 Å². The maximum absolute atomic E-state index is 11.6. The van der Waals surface area contributed by atoms with Crippen LogP contribution in [0.2, 0.25) is 0 Å². The highest BCUT2D eigenvalue weighted by Crippen LogP contribution is 2.30. The van der Waals surface area contributed by atoms with Gasteiger partial charge in [0, 0.05) is 6.42 Å². The fourth-order valence-electron chi connectivity index (χ4n) is 1.60. The first-order valence-corrected chi connectivity index (χ1v) is 8.88. The molecule has 23 heavy (non-hydrogen) atoms. The molecule has 2 rings (SSSR count). The normalized spacial score (nSPS) is 10.5. The van der Waals surface area contributed by atoms with Gasteiger partial charge in [-0.05, 0) is 6.92 Å². The van der Waals surface area contributed by atoms with E-state index in [2.05, 4.69) is 15.3 Å². The first-order valence-electron chi connectivity index (χ1n) is 7.08. The number of aryl methyl sites for hydroxylation is 1. The Hall–Kier alpha value is -1.87. The van der Waals surface area contributed by atoms with Gasteiger partial charge in [-0.15, -0.1) is 11.8 Å². The molecule has 2 heterocycles. The van der Waals surface area contributed by atoms with Crippen LogP contribution < -0.4 is 5.32 Å². The molecule has 0 atom stereocenters. The summed E-state index contributed by atoms with van der Waals surface area (Å²) in [6.07, 6.45) is 3.89. The summed E-state index contributed by atoms with van der Waals surface area (Å²) < 4.78 is 11.2. The van der Waals surface area contributed by atoms with Gasteiger partial charge in [-0.1, -0.05) is 18.3 Å². The van der Waals surface area contributed by atoms with Crippen molar-refractivity contribution in [1.29, 1.82) is 0 Å². The second-order valence-corrected chi connectivity index (χ2v) is 6.68. The second-order valence-electron chi connectivity index (χ2n) is 4.38. The third-order valence-corrected chi connectivity index (χ3v) is 4.72. The lowest BCUT2D eigenvalue weighted by molar-refractivity contribution is -0.145. The van der Waals surface area contributed by atoms with Gasteiger partial charge in [0.15, 0.2) is 5.13 Å². The zero-order valence-corrected chi connectivity index (χ0v) is 14.5. The first-order chi connectivity index (χ1) is 11.1. The van der Waals surface area contributed by atoms with Crippen LogP contribution in [0.15, 0.2) is 21.0 Å². The number of thioether (sulfide) groups is 1. The van der Waals surface area contributed by atoms with Gasteiger partial charge in [0.2, 0.25) is 11.8 Å². The summed E-state index contributed by atoms with van der Waals surface area (Å²) in [5.41, 5.74) is 0. The number of ether oxygens (including phenoxy) is 1. The molecule has 0 spiro atoms. The maximum Gasteiger partial charge on any atom is 0.315 e. The number of aromatic nitrogens is 2. The lowest BCUT2D eigenvalue weighted by atomic mass is 10.4. The van der Waals surface area contributed by atoms with Gasteiger partial charge in [0.25, 0.3) is 0 Å². The molecule has 124 valence electrons. The smallest absolute Gasteiger partial charge is 0.315 e. The van der Waals surface area contributed by atoms with E-state index in [1.54, 1.807) is 19.3 Å². The van der Waals surface area contributed by atoms with Crippen LogP contribution in [0, 0.1) is 0 Å². The number of esters is 1. The molecule has 0 unspecified atom stereocenters. The molecule has 0 fully saturated rings. The highest BCUT2D eigenvalue weighted by molar-refractivity contribution is 8.00. The number of rotatable bonds is 8. The minimum Gasteiger partial charge on any atom is -0.466 e. The van der Waals surface area contributed by atoms with Crippen molar-refractivity contribution in [2.45, 2.75) is 36.7 Å². The number of nitrogens with zero attached hydrogens (tertiary/aromatic N) is 2. The van der Waals surface area contributed by atoms with Crippen LogP contribution in [0.5, 0.6) is 0 Å². The van der Waals surface area contributed by atoms with Crippen molar-refractivity contribution >= 4 is 40.1 Å². The molecule has 0 aliphatic heterocycles. The molecular weight excluding hydrogens is 338 g/mol. The van der Waals surface area contributed by atoms with Crippen LogP contribution in [0.25, 0.3) is 0 Å². The van der Waals surface area contributed by atoms with E-state index in [1.165, 1.54) is 23.1 Å². The fraction of sp³-hybridized carbons (Fsp3) is 0.429. The summed E-state index contributed by atoms with van der Waals surface area (Å²) in [5.74, 6) is 1.13. The number of hydrogen-bond donors (Lipinski definition) is 1. The largest absolute Gasteiger partial charge is 0.466 e. The van der Waals surface area contributed by atoms with Crippen molar-refractivity contribution in [2.24, 2.45) is 0 Å². The Morgan fingerprint density at radius 3 is 2.87 bits per heavy atom. The second kappa shape index (κ2) is 8.68. The number of oxazole rings is 1. The van der Waals surface area contributed by atoms with Crippen molar-refractivity contribution in [3.63, 3.8) is 0 Å². The van der Waals surface area contributed by atoms with E-state index in [0.29, 0.717) is 16.8 Å². The van der Waals surface area contributed by atoms with Crippen LogP contribution >= 0.6 is 23.1 Å². The van der Waals surface area contributed by atoms with Gasteiger partial charge in [-0.2, -0.15) is 0 Å². The molecule has 0 aliphatic carbocycles. The fourth-order valence-corrected chi connectivity index (χ4v) is 3.34. The molecule has 1 amide bonds. The Morgan fingerprint density at radius 1 is 1.35 bits per heavy atom. The van der Waals surface area contributed by atoms with Crippen molar-refractivity contribution < 1.29 is 18.7 Å². The van der Waals surface area contributed by atoms with Crippen molar-refractivity contribution in [3.05, 3.63) is 24.0 Å². The van der Waals surface area contributed by atoms with Crippen LogP contribution in [0.1, 0.15) is 31.9 Å². The van der Waals surface area contributed by atoms with Crippen LogP contribution in [-0.4, -0.2) is 28.5 Å². The molecular formula is C14H17N3O4S2. The Balaban J connectivity index is 1.80. The van der Waals surface area contributed by atoms with Gasteiger partial charge in [-0.25, -0.2) is 9.97 Å². The molecule has 9 heteroatoms. The molecule has 2 aromatic heterocycles. The summed E-state index contributed by atoms with van der Waals surface area (Å²) in [5, 5.41) is 3.03. The number of anilines is 1. The predicted octanol–water partition coefficient (Wildman–Crippen LogP) is 2.88. The molecule has 0 saturated carbocycles. The molecule has 7 nitrogen and oxygen atoms in total. The van der Waals surface area contributed by atoms with Crippen molar-refractivity contribution in [3.8, 4) is 0 Å². The van der Waals surface area contributed by atoms with E-state index < -0.39 is 11.9 Å². The zero-order chi connectivity index (χ0) is 16.7. The van der Waals surface area contributed by atoms with Gasteiger partial charge >= 0.3 is 5.97 Å². The van der Waals surface area contributed by atoms with Crippen LogP contribution in [-0.2, 0) is 26.5 Å². The zero-order valence-electron chi connectivity index (χ0n) is 12.8. The minimum atomic E-state index is -0.549. The monoisotopic (exact) mass is 355 g/mol. The Morgan fingerprint density at radius 2 is 2.17 bits per heavy atom. The number of amides is 1. The van der Waals surface area contributed by atoms with Crippen molar-refractivity contribution in [1.82, 2.24) is 9.97 Å². The van der Waals surface area contributed by atoms with Gasteiger partial charge in [0.1, 0.15) is 12.2 Å². The van der Waals surface area contributed by atoms with E-state index in [9.17, 15) is 9.59 Å². The average molecular weight is 355 g/mol. The third kappa shape index (κ3) is 5.68. The Labute approximate surface area is 141 Å². The standard InChI is InChI=1S/C14H17N3O4S2/c1-3-9-6-15-11(21-9)8-22-13-7-16-14(23-13)17-10(18)5-12(19)20-4-2/h6-7H,3-5,8H2,1-2H3,(H,16,17,18). The van der Waals surface area contributed by atoms with E-state index >= 15 is 0 Å². The molecule has 0 aromatic carbocycles. The predicted molar refractivity (Wildman–Crippen MR) is 87.4 cm³/mol. The molecule has 0 bridgehead atoms. The first kappa shape index (κ1) is 17.5. The quantitative estimate of drug-likeness (QED) is 0.442. The summed E-state index contributed by atoms with van der Waals surface area (Å²) in [6, 6.07) is 0. The number of thiazole rings is 1. The minimum absolute atomic E-state index is 0.255. The van der Waals surface area contributed by atoms with E-state index in [-0.39, 0.29) is 13.0 Å². The van der Waals surface area contributed by atoms with Gasteiger partial charge < -0.3 is 14.5 Å². The van der Waals surface area contributed by atoms with E-state index in [1.807, 2.05) is 6.92 Å². The molecule has 1 N–H and O–H groups in total. The summed E-state index contributed by atoms with van der Waals surface area (Å²) in [7, 11) is 0. The van der Waals surface area contributed by atoms with Crippen LogP contribution in [0.4, 0.5) is 5.13 Å². The molecule has 0 radical (unpaired) electrons. The Kier molecular flexibility index (Phi) is 6.60. The lowest BCUT2D eigenvalue weighted by Crippen LogP contribution is -2.17. The number of carbonyl (C=O) groups is 2. The van der Waals surface area contributed by atoms with E-state index in [0.717, 1.165) is 16.4 Å². The highest BCUT2D eigenvalue weighted by Gasteiger charge is 2.13. The lowest BCUT2D eigenvalue weighted by Gasteiger charge is -2.01. The summed E-state index contributed by atoms with van der Waals surface area (Å²) in [4.78, 5) is 31.1. The number of nitrogens with one attached hydrogen (secondary N) is 1. The maximum atomic E-state index is 11.6. The van der Waals surface area contributed by atoms with Crippen LogP contribution in [0.3, 0.4) is 0 Å². The van der Waals surface area contributed by atoms with Gasteiger partial charge in [-0.3, -0.25) is 9.59 Å². The SMILES string of the molecule is CCOC(=O)CC(=O)Nc1ncc(SCc2ncc(CC)o2)s1. The number of carbonyl (C=O) groups excluding carboxylic acids is 2. The number of hydrogen-bond acceptors (Lipinski definition) is 8.